The fourth-order valence-corrected chi connectivity index (χ4v) is 4.47. The maximum absolute atomic E-state index is 13.3. The van der Waals surface area contributed by atoms with Crippen LogP contribution in [0, 0.1) is 6.92 Å². The third-order valence-corrected chi connectivity index (χ3v) is 6.22. The van der Waals surface area contributed by atoms with Crippen molar-refractivity contribution in [2.75, 3.05) is 13.1 Å². The zero-order valence-electron chi connectivity index (χ0n) is 18.6. The molecule has 1 aromatic carbocycles. The summed E-state index contributed by atoms with van der Waals surface area (Å²) in [5.41, 5.74) is 5.70. The van der Waals surface area contributed by atoms with E-state index in [-0.39, 0.29) is 11.8 Å². The molecule has 0 N–H and O–H groups in total. The van der Waals surface area contributed by atoms with Gasteiger partial charge >= 0.3 is 0 Å². The van der Waals surface area contributed by atoms with E-state index in [1.165, 1.54) is 0 Å². The van der Waals surface area contributed by atoms with Crippen molar-refractivity contribution in [2.45, 2.75) is 25.7 Å². The van der Waals surface area contributed by atoms with Gasteiger partial charge in [0.05, 0.1) is 5.69 Å². The van der Waals surface area contributed by atoms with Gasteiger partial charge in [0.2, 0.25) is 0 Å². The quantitative estimate of drug-likeness (QED) is 0.455. The van der Waals surface area contributed by atoms with Crippen molar-refractivity contribution in [3.63, 3.8) is 0 Å². The van der Waals surface area contributed by atoms with Gasteiger partial charge in [0.1, 0.15) is 0 Å². The molecule has 4 heterocycles. The summed E-state index contributed by atoms with van der Waals surface area (Å²) >= 11 is 0. The predicted octanol–water partition coefficient (Wildman–Crippen LogP) is 4.93. The highest BCUT2D eigenvalue weighted by Gasteiger charge is 2.29. The summed E-state index contributed by atoms with van der Waals surface area (Å²) in [6, 6.07) is 15.6. The maximum Gasteiger partial charge on any atom is 0.254 e. The van der Waals surface area contributed by atoms with Crippen LogP contribution < -0.4 is 0 Å². The van der Waals surface area contributed by atoms with Crippen molar-refractivity contribution >= 4 is 5.91 Å². The van der Waals surface area contributed by atoms with E-state index in [4.69, 9.17) is 4.98 Å². The Hall–Kier alpha value is -3.93. The van der Waals surface area contributed by atoms with Crippen molar-refractivity contribution < 1.29 is 4.79 Å². The number of hydrogen-bond donors (Lipinski definition) is 0. The molecule has 0 spiro atoms. The Morgan fingerprint density at radius 1 is 0.939 bits per heavy atom. The zero-order valence-corrected chi connectivity index (χ0v) is 18.6. The zero-order chi connectivity index (χ0) is 22.6. The van der Waals surface area contributed by atoms with Gasteiger partial charge in [-0.15, -0.1) is 0 Å². The minimum atomic E-state index is 0.0895. The number of carbonyl (C=O) groups is 1. The number of nitrogens with zero attached hydrogens (tertiary/aromatic N) is 5. The molecule has 4 aromatic rings. The molecule has 1 saturated heterocycles. The first-order valence-corrected chi connectivity index (χ1v) is 11.2. The van der Waals surface area contributed by atoms with Crippen molar-refractivity contribution in [1.29, 1.82) is 0 Å². The van der Waals surface area contributed by atoms with Crippen molar-refractivity contribution in [3.05, 3.63) is 96.3 Å². The molecule has 1 aliphatic heterocycles. The van der Waals surface area contributed by atoms with Crippen LogP contribution in [0.2, 0.25) is 0 Å². The molecule has 1 atom stereocenters. The van der Waals surface area contributed by atoms with Crippen LogP contribution in [0.25, 0.3) is 22.5 Å². The van der Waals surface area contributed by atoms with E-state index in [9.17, 15) is 4.79 Å². The van der Waals surface area contributed by atoms with E-state index in [1.807, 2.05) is 66.6 Å². The van der Waals surface area contributed by atoms with Gasteiger partial charge < -0.3 is 4.90 Å². The Kier molecular flexibility index (Phi) is 5.89. The number of rotatable bonds is 4. The number of piperidine rings is 1. The molecule has 3 aromatic heterocycles. The monoisotopic (exact) mass is 435 g/mol. The van der Waals surface area contributed by atoms with Crippen LogP contribution in [0.1, 0.15) is 40.4 Å². The molecule has 6 nitrogen and oxygen atoms in total. The van der Waals surface area contributed by atoms with E-state index in [0.717, 1.165) is 52.9 Å². The highest BCUT2D eigenvalue weighted by Crippen LogP contribution is 2.34. The number of hydrogen-bond acceptors (Lipinski definition) is 5. The number of benzene rings is 1. The van der Waals surface area contributed by atoms with Crippen LogP contribution in [0.15, 0.2) is 79.5 Å². The lowest BCUT2D eigenvalue weighted by Crippen LogP contribution is -2.39. The predicted molar refractivity (Wildman–Crippen MR) is 128 cm³/mol. The van der Waals surface area contributed by atoms with Crippen LogP contribution in [-0.2, 0) is 0 Å². The maximum atomic E-state index is 13.3. The highest BCUT2D eigenvalue weighted by atomic mass is 16.2. The lowest BCUT2D eigenvalue weighted by Gasteiger charge is -2.33. The van der Waals surface area contributed by atoms with E-state index < -0.39 is 0 Å². The standard InChI is InChI=1S/C27H25N5O/c1-19-5-2-3-7-23(19)27(33)32-16-4-6-22(18-32)25-24(20-8-12-28-13-9-20)17-30-26(31-25)21-10-14-29-15-11-21/h2-3,5,7-15,17,22H,4,6,16,18H2,1H3. The molecule has 164 valence electrons. The second-order valence-electron chi connectivity index (χ2n) is 8.37. The number of amides is 1. The summed E-state index contributed by atoms with van der Waals surface area (Å²) in [6.45, 7) is 3.39. The van der Waals surface area contributed by atoms with Gasteiger partial charge in [-0.3, -0.25) is 14.8 Å². The summed E-state index contributed by atoms with van der Waals surface area (Å²) in [4.78, 5) is 33.2. The Labute approximate surface area is 193 Å². The average Bonchev–Trinajstić information content (AvgIpc) is 2.89. The molecule has 1 unspecified atom stereocenters. The fraction of sp³-hybridized carbons (Fsp3) is 0.222. The first kappa shape index (κ1) is 20.9. The molecule has 0 bridgehead atoms. The number of pyridine rings is 2. The van der Waals surface area contributed by atoms with Crippen LogP contribution in [-0.4, -0.2) is 43.8 Å². The van der Waals surface area contributed by atoms with E-state index in [1.54, 1.807) is 24.8 Å². The first-order valence-electron chi connectivity index (χ1n) is 11.2. The largest absolute Gasteiger partial charge is 0.338 e. The van der Waals surface area contributed by atoms with Gasteiger partial charge in [0.15, 0.2) is 5.82 Å². The van der Waals surface area contributed by atoms with Gasteiger partial charge in [-0.25, -0.2) is 9.97 Å². The molecular formula is C27H25N5O. The molecule has 0 saturated carbocycles. The Balaban J connectivity index is 1.52. The fourth-order valence-electron chi connectivity index (χ4n) is 4.47. The first-order chi connectivity index (χ1) is 16.2. The van der Waals surface area contributed by atoms with Gasteiger partial charge in [-0.1, -0.05) is 18.2 Å². The molecule has 1 aliphatic rings. The lowest BCUT2D eigenvalue weighted by molar-refractivity contribution is 0.0705. The molecule has 5 rings (SSSR count). The van der Waals surface area contributed by atoms with E-state index in [0.29, 0.717) is 12.4 Å². The summed E-state index contributed by atoms with van der Waals surface area (Å²) in [6.07, 6.45) is 10.9. The summed E-state index contributed by atoms with van der Waals surface area (Å²) < 4.78 is 0. The van der Waals surface area contributed by atoms with Gasteiger partial charge in [0.25, 0.3) is 5.91 Å². The SMILES string of the molecule is Cc1ccccc1C(=O)N1CCCC(c2nc(-c3ccncc3)ncc2-c2ccncc2)C1. The molecule has 0 radical (unpaired) electrons. The molecule has 6 heteroatoms. The van der Waals surface area contributed by atoms with Gasteiger partial charge in [-0.05, 0) is 61.2 Å². The smallest absolute Gasteiger partial charge is 0.254 e. The molecule has 0 aliphatic carbocycles. The van der Waals surface area contributed by atoms with Crippen molar-refractivity contribution in [3.8, 4) is 22.5 Å². The lowest BCUT2D eigenvalue weighted by atomic mass is 9.89. The normalized spacial score (nSPS) is 15.9. The molecular weight excluding hydrogens is 410 g/mol. The van der Waals surface area contributed by atoms with Crippen LogP contribution >= 0.6 is 0 Å². The molecule has 1 amide bonds. The third kappa shape index (κ3) is 4.37. The molecule has 1 fully saturated rings. The third-order valence-electron chi connectivity index (χ3n) is 6.22. The summed E-state index contributed by atoms with van der Waals surface area (Å²) in [5.74, 6) is 0.887. The van der Waals surface area contributed by atoms with Gasteiger partial charge in [-0.2, -0.15) is 0 Å². The topological polar surface area (TPSA) is 71.9 Å². The summed E-state index contributed by atoms with van der Waals surface area (Å²) in [7, 11) is 0. The number of aromatic nitrogens is 4. The molecule has 33 heavy (non-hydrogen) atoms. The van der Waals surface area contributed by atoms with Crippen LogP contribution in [0.5, 0.6) is 0 Å². The number of carbonyl (C=O) groups excluding carboxylic acids is 1. The second kappa shape index (κ2) is 9.28. The number of aryl methyl sites for hydroxylation is 1. The average molecular weight is 436 g/mol. The summed E-state index contributed by atoms with van der Waals surface area (Å²) in [5, 5.41) is 0. The van der Waals surface area contributed by atoms with E-state index in [2.05, 4.69) is 15.0 Å². The van der Waals surface area contributed by atoms with Crippen LogP contribution in [0.3, 0.4) is 0 Å². The Morgan fingerprint density at radius 2 is 1.64 bits per heavy atom. The Morgan fingerprint density at radius 3 is 2.36 bits per heavy atom. The van der Waals surface area contributed by atoms with Gasteiger partial charge in [0, 0.05) is 66.7 Å². The number of likely N-dealkylation sites (tertiary alicyclic amines) is 1. The highest BCUT2D eigenvalue weighted by molar-refractivity contribution is 5.95. The second-order valence-corrected chi connectivity index (χ2v) is 8.37. The Bertz CT molecular complexity index is 1260. The van der Waals surface area contributed by atoms with Crippen molar-refractivity contribution in [2.24, 2.45) is 0 Å². The van der Waals surface area contributed by atoms with E-state index >= 15 is 0 Å². The van der Waals surface area contributed by atoms with Crippen molar-refractivity contribution in [1.82, 2.24) is 24.8 Å². The van der Waals surface area contributed by atoms with Crippen LogP contribution in [0.4, 0.5) is 0 Å². The minimum Gasteiger partial charge on any atom is -0.338 e. The minimum absolute atomic E-state index is 0.0895.